The number of rotatable bonds is 5. The van der Waals surface area contributed by atoms with Gasteiger partial charge in [0.15, 0.2) is 0 Å². The lowest BCUT2D eigenvalue weighted by atomic mass is 9.96. The zero-order chi connectivity index (χ0) is 20.4. The number of carbonyl (C=O) groups excluding carboxylic acids is 1. The molecule has 0 atom stereocenters. The summed E-state index contributed by atoms with van der Waals surface area (Å²) in [7, 11) is 3.60. The quantitative estimate of drug-likeness (QED) is 0.668. The Hall–Kier alpha value is -3.09. The third kappa shape index (κ3) is 4.04. The number of piperidine rings is 1. The van der Waals surface area contributed by atoms with Crippen molar-refractivity contribution >= 4 is 5.91 Å². The number of hydrogen-bond donors (Lipinski definition) is 0. The summed E-state index contributed by atoms with van der Waals surface area (Å²) in [6.07, 6.45) is 7.86. The standard InChI is InChI=1S/C22H27N5O2/c1-16(28)26-9-7-17(8-10-26)13-27-15-23-21(18-5-4-6-20(11-18)29-3)22(27)19-12-24-25(2)14-19/h4-6,11-12,14-15,17H,7-10,13H2,1-3H3. The van der Waals surface area contributed by atoms with Crippen LogP contribution in [0.1, 0.15) is 19.8 Å². The van der Waals surface area contributed by atoms with Crippen LogP contribution in [0.5, 0.6) is 5.75 Å². The van der Waals surface area contributed by atoms with Crippen LogP contribution < -0.4 is 4.74 Å². The Kier molecular flexibility index (Phi) is 5.38. The fourth-order valence-electron chi connectivity index (χ4n) is 4.06. The van der Waals surface area contributed by atoms with Gasteiger partial charge in [-0.15, -0.1) is 0 Å². The second kappa shape index (κ2) is 8.11. The number of aromatic nitrogens is 4. The van der Waals surface area contributed by atoms with Gasteiger partial charge in [0, 0.05) is 50.9 Å². The molecule has 1 fully saturated rings. The van der Waals surface area contributed by atoms with Gasteiger partial charge in [0.25, 0.3) is 0 Å². The van der Waals surface area contributed by atoms with Gasteiger partial charge in [-0.3, -0.25) is 9.48 Å². The summed E-state index contributed by atoms with van der Waals surface area (Å²) in [4.78, 5) is 18.3. The van der Waals surface area contributed by atoms with Crippen LogP contribution in [0.4, 0.5) is 0 Å². The molecule has 1 aliphatic heterocycles. The number of likely N-dealkylation sites (tertiary alicyclic amines) is 1. The monoisotopic (exact) mass is 393 g/mol. The van der Waals surface area contributed by atoms with Crippen LogP contribution in [-0.4, -0.2) is 50.3 Å². The first kappa shape index (κ1) is 19.2. The number of aryl methyl sites for hydroxylation is 1. The summed E-state index contributed by atoms with van der Waals surface area (Å²) in [6, 6.07) is 7.99. The van der Waals surface area contributed by atoms with Crippen molar-refractivity contribution in [1.82, 2.24) is 24.2 Å². The van der Waals surface area contributed by atoms with Gasteiger partial charge in [0.1, 0.15) is 5.75 Å². The first-order chi connectivity index (χ1) is 14.0. The second-order valence-corrected chi connectivity index (χ2v) is 7.68. The van der Waals surface area contributed by atoms with E-state index in [1.807, 2.05) is 53.5 Å². The van der Waals surface area contributed by atoms with Crippen molar-refractivity contribution in [2.45, 2.75) is 26.3 Å². The molecule has 1 aromatic carbocycles. The molecule has 1 amide bonds. The summed E-state index contributed by atoms with van der Waals surface area (Å²) in [6.45, 7) is 4.20. The highest BCUT2D eigenvalue weighted by atomic mass is 16.5. The van der Waals surface area contributed by atoms with Crippen molar-refractivity contribution in [2.75, 3.05) is 20.2 Å². The van der Waals surface area contributed by atoms with E-state index in [1.165, 1.54) is 0 Å². The fourth-order valence-corrected chi connectivity index (χ4v) is 4.06. The van der Waals surface area contributed by atoms with E-state index in [2.05, 4.69) is 15.7 Å². The zero-order valence-corrected chi connectivity index (χ0v) is 17.2. The van der Waals surface area contributed by atoms with E-state index in [0.717, 1.165) is 60.7 Å². The highest BCUT2D eigenvalue weighted by Gasteiger charge is 2.23. The van der Waals surface area contributed by atoms with Crippen LogP contribution in [0.15, 0.2) is 43.0 Å². The number of ether oxygens (including phenoxy) is 1. The van der Waals surface area contributed by atoms with E-state index >= 15 is 0 Å². The first-order valence-corrected chi connectivity index (χ1v) is 9.99. The Bertz CT molecular complexity index is 998. The largest absolute Gasteiger partial charge is 0.497 e. The van der Waals surface area contributed by atoms with Gasteiger partial charge in [-0.2, -0.15) is 5.10 Å². The van der Waals surface area contributed by atoms with E-state index < -0.39 is 0 Å². The van der Waals surface area contributed by atoms with E-state index in [4.69, 9.17) is 9.72 Å². The third-order valence-corrected chi connectivity index (χ3v) is 5.67. The second-order valence-electron chi connectivity index (χ2n) is 7.68. The lowest BCUT2D eigenvalue weighted by Crippen LogP contribution is -2.37. The van der Waals surface area contributed by atoms with Crippen molar-refractivity contribution in [1.29, 1.82) is 0 Å². The molecule has 0 N–H and O–H groups in total. The lowest BCUT2D eigenvalue weighted by Gasteiger charge is -2.31. The molecular formula is C22H27N5O2. The number of amides is 1. The molecule has 0 saturated carbocycles. The van der Waals surface area contributed by atoms with Crippen LogP contribution >= 0.6 is 0 Å². The minimum atomic E-state index is 0.169. The maximum Gasteiger partial charge on any atom is 0.219 e. The smallest absolute Gasteiger partial charge is 0.219 e. The average molecular weight is 393 g/mol. The fraction of sp³-hybridized carbons (Fsp3) is 0.409. The molecule has 0 unspecified atom stereocenters. The van der Waals surface area contributed by atoms with Gasteiger partial charge in [-0.25, -0.2) is 4.98 Å². The van der Waals surface area contributed by atoms with Gasteiger partial charge in [0.05, 0.1) is 31.0 Å². The molecule has 4 rings (SSSR count). The Morgan fingerprint density at radius 2 is 2.03 bits per heavy atom. The number of carbonyl (C=O) groups is 1. The molecule has 29 heavy (non-hydrogen) atoms. The molecule has 0 spiro atoms. The van der Waals surface area contributed by atoms with Crippen LogP contribution in [0.3, 0.4) is 0 Å². The Morgan fingerprint density at radius 1 is 1.24 bits per heavy atom. The summed E-state index contributed by atoms with van der Waals surface area (Å²) in [5, 5.41) is 4.37. The molecule has 2 aromatic heterocycles. The van der Waals surface area contributed by atoms with Gasteiger partial charge in [-0.05, 0) is 30.9 Å². The van der Waals surface area contributed by atoms with E-state index in [0.29, 0.717) is 5.92 Å². The average Bonchev–Trinajstić information content (AvgIpc) is 3.34. The summed E-state index contributed by atoms with van der Waals surface area (Å²) in [5.74, 6) is 1.50. The van der Waals surface area contributed by atoms with Crippen molar-refractivity contribution < 1.29 is 9.53 Å². The lowest BCUT2D eigenvalue weighted by molar-refractivity contribution is -0.130. The minimum absolute atomic E-state index is 0.169. The Balaban J connectivity index is 1.66. The van der Waals surface area contributed by atoms with E-state index in [1.54, 1.807) is 14.0 Å². The summed E-state index contributed by atoms with van der Waals surface area (Å²) >= 11 is 0. The maximum atomic E-state index is 11.6. The molecule has 7 heteroatoms. The highest BCUT2D eigenvalue weighted by molar-refractivity contribution is 5.78. The third-order valence-electron chi connectivity index (χ3n) is 5.67. The van der Waals surface area contributed by atoms with Crippen molar-refractivity contribution in [3.63, 3.8) is 0 Å². The normalized spacial score (nSPS) is 14.9. The topological polar surface area (TPSA) is 65.2 Å². The molecule has 3 heterocycles. The number of methoxy groups -OCH3 is 1. The predicted molar refractivity (Wildman–Crippen MR) is 111 cm³/mol. The molecule has 0 radical (unpaired) electrons. The van der Waals surface area contributed by atoms with E-state index in [-0.39, 0.29) is 5.91 Å². The number of hydrogen-bond acceptors (Lipinski definition) is 4. The Labute approximate surface area is 170 Å². The highest BCUT2D eigenvalue weighted by Crippen LogP contribution is 2.34. The number of nitrogens with zero attached hydrogens (tertiary/aromatic N) is 5. The molecule has 0 aliphatic carbocycles. The van der Waals surface area contributed by atoms with Crippen LogP contribution in [0, 0.1) is 5.92 Å². The SMILES string of the molecule is COc1cccc(-c2ncn(CC3CCN(C(C)=O)CC3)c2-c2cnn(C)c2)c1. The van der Waals surface area contributed by atoms with Gasteiger partial charge >= 0.3 is 0 Å². The number of imidazole rings is 1. The maximum absolute atomic E-state index is 11.6. The van der Waals surface area contributed by atoms with Crippen LogP contribution in [-0.2, 0) is 18.4 Å². The van der Waals surface area contributed by atoms with Crippen molar-refractivity contribution in [2.24, 2.45) is 13.0 Å². The minimum Gasteiger partial charge on any atom is -0.497 e. The zero-order valence-electron chi connectivity index (χ0n) is 17.2. The van der Waals surface area contributed by atoms with Crippen molar-refractivity contribution in [3.05, 3.63) is 43.0 Å². The molecule has 7 nitrogen and oxygen atoms in total. The van der Waals surface area contributed by atoms with Gasteiger partial charge < -0.3 is 14.2 Å². The summed E-state index contributed by atoms with van der Waals surface area (Å²) < 4.78 is 9.45. The molecule has 1 aliphatic rings. The van der Waals surface area contributed by atoms with Gasteiger partial charge in [0.2, 0.25) is 5.91 Å². The molecule has 3 aromatic rings. The Morgan fingerprint density at radius 3 is 2.69 bits per heavy atom. The molecule has 1 saturated heterocycles. The van der Waals surface area contributed by atoms with Gasteiger partial charge in [-0.1, -0.05) is 12.1 Å². The molecule has 0 bridgehead atoms. The van der Waals surface area contributed by atoms with Crippen molar-refractivity contribution in [3.8, 4) is 28.3 Å². The number of benzene rings is 1. The molecule has 152 valence electrons. The predicted octanol–water partition coefficient (Wildman–Crippen LogP) is 3.22. The van der Waals surface area contributed by atoms with Crippen LogP contribution in [0.2, 0.25) is 0 Å². The summed E-state index contributed by atoms with van der Waals surface area (Å²) in [5.41, 5.74) is 4.07. The first-order valence-electron chi connectivity index (χ1n) is 9.99. The van der Waals surface area contributed by atoms with Crippen LogP contribution in [0.25, 0.3) is 22.5 Å². The van der Waals surface area contributed by atoms with E-state index in [9.17, 15) is 4.79 Å². The molecular weight excluding hydrogens is 366 g/mol.